The Balaban J connectivity index is 1.63. The van der Waals surface area contributed by atoms with Crippen LogP contribution in [-0.4, -0.2) is 19.1 Å². The first-order chi connectivity index (χ1) is 8.75. The molecule has 3 heteroatoms. The molecule has 18 heavy (non-hydrogen) atoms. The maximum Gasteiger partial charge on any atom is 0.126 e. The van der Waals surface area contributed by atoms with Gasteiger partial charge in [0.25, 0.3) is 0 Å². The molecule has 0 radical (unpaired) electrons. The van der Waals surface area contributed by atoms with Gasteiger partial charge in [-0.25, -0.2) is 4.39 Å². The van der Waals surface area contributed by atoms with E-state index in [4.69, 9.17) is 5.73 Å². The molecule has 100 valence electrons. The topological polar surface area (TPSA) is 38.0 Å². The SMILES string of the molecule is NC1CCC(CNCCc2ccccc2F)CC1. The van der Waals surface area contributed by atoms with E-state index in [0.29, 0.717) is 6.04 Å². The van der Waals surface area contributed by atoms with Crippen molar-refractivity contribution in [1.29, 1.82) is 0 Å². The zero-order chi connectivity index (χ0) is 12.8. The molecule has 3 N–H and O–H groups in total. The molecule has 0 bridgehead atoms. The first-order valence-electron chi connectivity index (χ1n) is 6.95. The summed E-state index contributed by atoms with van der Waals surface area (Å²) in [6.45, 7) is 1.89. The van der Waals surface area contributed by atoms with Crippen LogP contribution in [0.5, 0.6) is 0 Å². The molecular weight excluding hydrogens is 227 g/mol. The predicted molar refractivity (Wildman–Crippen MR) is 72.9 cm³/mol. The highest BCUT2D eigenvalue weighted by atomic mass is 19.1. The fourth-order valence-corrected chi connectivity index (χ4v) is 2.62. The van der Waals surface area contributed by atoms with Crippen LogP contribution in [0.1, 0.15) is 31.2 Å². The van der Waals surface area contributed by atoms with Gasteiger partial charge in [0.2, 0.25) is 0 Å². The van der Waals surface area contributed by atoms with Crippen molar-refractivity contribution >= 4 is 0 Å². The van der Waals surface area contributed by atoms with E-state index < -0.39 is 0 Å². The molecule has 0 amide bonds. The molecule has 1 aliphatic rings. The second-order valence-electron chi connectivity index (χ2n) is 5.33. The van der Waals surface area contributed by atoms with Crippen molar-refractivity contribution < 1.29 is 4.39 Å². The molecule has 1 fully saturated rings. The van der Waals surface area contributed by atoms with E-state index in [1.807, 2.05) is 12.1 Å². The lowest BCUT2D eigenvalue weighted by molar-refractivity contribution is 0.315. The third-order valence-electron chi connectivity index (χ3n) is 3.85. The van der Waals surface area contributed by atoms with Gasteiger partial charge in [-0.05, 0) is 62.7 Å². The van der Waals surface area contributed by atoms with Crippen LogP contribution < -0.4 is 11.1 Å². The lowest BCUT2D eigenvalue weighted by Crippen LogP contribution is -2.32. The van der Waals surface area contributed by atoms with E-state index in [9.17, 15) is 4.39 Å². The molecule has 1 aliphatic carbocycles. The summed E-state index contributed by atoms with van der Waals surface area (Å²) in [6.07, 6.45) is 5.53. The molecule has 0 spiro atoms. The van der Waals surface area contributed by atoms with Crippen LogP contribution in [-0.2, 0) is 6.42 Å². The Morgan fingerprint density at radius 2 is 1.89 bits per heavy atom. The van der Waals surface area contributed by atoms with Crippen LogP contribution in [0.2, 0.25) is 0 Å². The van der Waals surface area contributed by atoms with Gasteiger partial charge >= 0.3 is 0 Å². The van der Waals surface area contributed by atoms with Crippen molar-refractivity contribution in [1.82, 2.24) is 5.32 Å². The fraction of sp³-hybridized carbons (Fsp3) is 0.600. The highest BCUT2D eigenvalue weighted by molar-refractivity contribution is 5.17. The van der Waals surface area contributed by atoms with Crippen molar-refractivity contribution in [3.8, 4) is 0 Å². The Morgan fingerprint density at radius 1 is 1.17 bits per heavy atom. The number of hydrogen-bond acceptors (Lipinski definition) is 2. The monoisotopic (exact) mass is 250 g/mol. The van der Waals surface area contributed by atoms with E-state index in [0.717, 1.165) is 43.8 Å². The Kier molecular flexibility index (Phi) is 5.14. The minimum atomic E-state index is -0.0945. The standard InChI is InChI=1S/C15H23FN2/c16-15-4-2-1-3-13(15)9-10-18-11-12-5-7-14(17)8-6-12/h1-4,12,14,18H,5-11,17H2. The van der Waals surface area contributed by atoms with Crippen LogP contribution in [0.25, 0.3) is 0 Å². The number of benzene rings is 1. The van der Waals surface area contributed by atoms with Crippen molar-refractivity contribution in [3.63, 3.8) is 0 Å². The molecule has 0 unspecified atom stereocenters. The lowest BCUT2D eigenvalue weighted by Gasteiger charge is -2.26. The number of nitrogens with two attached hydrogens (primary N) is 1. The highest BCUT2D eigenvalue weighted by Crippen LogP contribution is 2.22. The summed E-state index contributed by atoms with van der Waals surface area (Å²) in [5, 5.41) is 3.44. The maximum atomic E-state index is 13.4. The van der Waals surface area contributed by atoms with Gasteiger partial charge in [-0.3, -0.25) is 0 Å². The van der Waals surface area contributed by atoms with Crippen LogP contribution in [0.3, 0.4) is 0 Å². The second kappa shape index (κ2) is 6.86. The molecule has 0 saturated heterocycles. The van der Waals surface area contributed by atoms with Crippen molar-refractivity contribution in [2.24, 2.45) is 11.7 Å². The first kappa shape index (κ1) is 13.5. The molecule has 1 aromatic carbocycles. The third kappa shape index (κ3) is 4.07. The molecule has 0 heterocycles. The molecular formula is C15H23FN2. The van der Waals surface area contributed by atoms with Gasteiger partial charge in [0.05, 0.1) is 0 Å². The number of rotatable bonds is 5. The quantitative estimate of drug-likeness (QED) is 0.788. The first-order valence-corrected chi connectivity index (χ1v) is 6.95. The Morgan fingerprint density at radius 3 is 2.61 bits per heavy atom. The van der Waals surface area contributed by atoms with E-state index in [1.165, 1.54) is 18.9 Å². The Labute approximate surface area is 109 Å². The smallest absolute Gasteiger partial charge is 0.126 e. The van der Waals surface area contributed by atoms with Gasteiger partial charge in [-0.15, -0.1) is 0 Å². The average molecular weight is 250 g/mol. The van der Waals surface area contributed by atoms with E-state index in [2.05, 4.69) is 5.32 Å². The molecule has 0 atom stereocenters. The van der Waals surface area contributed by atoms with Crippen LogP contribution in [0.4, 0.5) is 4.39 Å². The van der Waals surface area contributed by atoms with Gasteiger partial charge in [0.1, 0.15) is 5.82 Å². The van der Waals surface area contributed by atoms with Crippen molar-refractivity contribution in [2.45, 2.75) is 38.1 Å². The summed E-state index contributed by atoms with van der Waals surface area (Å²) >= 11 is 0. The largest absolute Gasteiger partial charge is 0.328 e. The normalized spacial score (nSPS) is 24.1. The summed E-state index contributed by atoms with van der Waals surface area (Å²) in [7, 11) is 0. The Hall–Kier alpha value is -0.930. The van der Waals surface area contributed by atoms with Crippen LogP contribution in [0.15, 0.2) is 24.3 Å². The summed E-state index contributed by atoms with van der Waals surface area (Å²) in [5.74, 6) is 0.661. The zero-order valence-electron chi connectivity index (χ0n) is 10.9. The zero-order valence-corrected chi connectivity index (χ0v) is 10.9. The molecule has 2 nitrogen and oxygen atoms in total. The van der Waals surface area contributed by atoms with Crippen molar-refractivity contribution in [3.05, 3.63) is 35.6 Å². The van der Waals surface area contributed by atoms with Gasteiger partial charge in [-0.2, -0.15) is 0 Å². The van der Waals surface area contributed by atoms with E-state index in [-0.39, 0.29) is 5.82 Å². The Bertz CT molecular complexity index is 359. The lowest BCUT2D eigenvalue weighted by atomic mass is 9.86. The summed E-state index contributed by atoms with van der Waals surface area (Å²) in [6, 6.07) is 7.42. The van der Waals surface area contributed by atoms with Gasteiger partial charge in [0.15, 0.2) is 0 Å². The fourth-order valence-electron chi connectivity index (χ4n) is 2.62. The average Bonchev–Trinajstić information content (AvgIpc) is 2.39. The van der Waals surface area contributed by atoms with Crippen LogP contribution in [0, 0.1) is 11.7 Å². The van der Waals surface area contributed by atoms with E-state index in [1.54, 1.807) is 6.07 Å². The molecule has 0 aliphatic heterocycles. The van der Waals surface area contributed by atoms with Gasteiger partial charge in [0, 0.05) is 6.04 Å². The molecule has 0 aromatic heterocycles. The molecule has 1 aromatic rings. The van der Waals surface area contributed by atoms with Crippen LogP contribution >= 0.6 is 0 Å². The van der Waals surface area contributed by atoms with Gasteiger partial charge < -0.3 is 11.1 Å². The third-order valence-corrected chi connectivity index (χ3v) is 3.85. The minimum absolute atomic E-state index is 0.0945. The maximum absolute atomic E-state index is 13.4. The number of nitrogens with one attached hydrogen (secondary N) is 1. The van der Waals surface area contributed by atoms with E-state index >= 15 is 0 Å². The number of halogens is 1. The summed E-state index contributed by atoms with van der Waals surface area (Å²) in [4.78, 5) is 0. The minimum Gasteiger partial charge on any atom is -0.328 e. The molecule has 2 rings (SSSR count). The molecule has 1 saturated carbocycles. The predicted octanol–water partition coefficient (Wildman–Crippen LogP) is 2.48. The van der Waals surface area contributed by atoms with Gasteiger partial charge in [-0.1, -0.05) is 18.2 Å². The summed E-state index contributed by atoms with van der Waals surface area (Å²) < 4.78 is 13.4. The summed E-state index contributed by atoms with van der Waals surface area (Å²) in [5.41, 5.74) is 6.68. The highest BCUT2D eigenvalue weighted by Gasteiger charge is 2.17. The second-order valence-corrected chi connectivity index (χ2v) is 5.33. The number of hydrogen-bond donors (Lipinski definition) is 2. The van der Waals surface area contributed by atoms with Crippen molar-refractivity contribution in [2.75, 3.05) is 13.1 Å².